The zero-order valence-electron chi connectivity index (χ0n) is 11.0. The summed E-state index contributed by atoms with van der Waals surface area (Å²) in [4.78, 5) is 13.1. The summed E-state index contributed by atoms with van der Waals surface area (Å²) in [6.45, 7) is 1.94. The number of ether oxygens (including phenoxy) is 1. The molecule has 0 saturated carbocycles. The fourth-order valence-electron chi connectivity index (χ4n) is 2.50. The van der Waals surface area contributed by atoms with Gasteiger partial charge in [0.1, 0.15) is 0 Å². The summed E-state index contributed by atoms with van der Waals surface area (Å²) < 4.78 is 5.07. The second kappa shape index (κ2) is 5.93. The van der Waals surface area contributed by atoms with Crippen LogP contribution >= 0.6 is 0 Å². The van der Waals surface area contributed by atoms with Crippen molar-refractivity contribution >= 4 is 5.97 Å². The van der Waals surface area contributed by atoms with Crippen molar-refractivity contribution in [3.05, 3.63) is 23.8 Å². The monoisotopic (exact) mass is 265 g/mol. The molecule has 1 aromatic rings. The average Bonchev–Trinajstić information content (AvgIpc) is 2.41. The van der Waals surface area contributed by atoms with E-state index in [0.717, 1.165) is 24.9 Å². The number of nitrogens with zero attached hydrogens (tertiary/aromatic N) is 1. The number of rotatable bonds is 4. The molecule has 0 spiro atoms. The summed E-state index contributed by atoms with van der Waals surface area (Å²) in [5.74, 6) is -0.451. The third-order valence-corrected chi connectivity index (χ3v) is 3.55. The highest BCUT2D eigenvalue weighted by Crippen LogP contribution is 2.31. The van der Waals surface area contributed by atoms with Gasteiger partial charge in [-0.05, 0) is 25.5 Å². The largest absolute Gasteiger partial charge is 0.504 e. The Balaban J connectivity index is 2.06. The molecule has 1 saturated heterocycles. The third kappa shape index (κ3) is 3.17. The van der Waals surface area contributed by atoms with Gasteiger partial charge in [0.25, 0.3) is 0 Å². The lowest BCUT2D eigenvalue weighted by molar-refractivity contribution is -0.143. The second-order valence-corrected chi connectivity index (χ2v) is 4.88. The minimum atomic E-state index is -0.737. The van der Waals surface area contributed by atoms with Gasteiger partial charge < -0.3 is 14.9 Å². The minimum Gasteiger partial charge on any atom is -0.504 e. The molecule has 0 amide bonds. The lowest BCUT2D eigenvalue weighted by Crippen LogP contribution is -2.38. The van der Waals surface area contributed by atoms with Crippen molar-refractivity contribution in [3.8, 4) is 11.5 Å². The Hall–Kier alpha value is -1.75. The van der Waals surface area contributed by atoms with Crippen LogP contribution in [0.2, 0.25) is 0 Å². The van der Waals surface area contributed by atoms with E-state index in [9.17, 15) is 9.90 Å². The maximum absolute atomic E-state index is 11.0. The molecule has 1 aliphatic rings. The van der Waals surface area contributed by atoms with Crippen LogP contribution in [-0.2, 0) is 11.3 Å². The van der Waals surface area contributed by atoms with Crippen LogP contribution in [0.1, 0.15) is 18.4 Å². The molecule has 0 aromatic heterocycles. The number of phenols is 1. The van der Waals surface area contributed by atoms with E-state index in [1.54, 1.807) is 6.07 Å². The molecule has 19 heavy (non-hydrogen) atoms. The molecule has 1 heterocycles. The van der Waals surface area contributed by atoms with Crippen molar-refractivity contribution in [2.75, 3.05) is 20.2 Å². The Morgan fingerprint density at radius 2 is 2.32 bits per heavy atom. The highest BCUT2D eigenvalue weighted by atomic mass is 16.5. The summed E-state index contributed by atoms with van der Waals surface area (Å²) in [6, 6.07) is 5.36. The van der Waals surface area contributed by atoms with Crippen LogP contribution in [0.3, 0.4) is 0 Å². The van der Waals surface area contributed by atoms with Gasteiger partial charge in [-0.2, -0.15) is 0 Å². The topological polar surface area (TPSA) is 70.0 Å². The van der Waals surface area contributed by atoms with Gasteiger partial charge in [0.2, 0.25) is 0 Å². The van der Waals surface area contributed by atoms with Crippen LogP contribution in [0, 0.1) is 5.92 Å². The number of aromatic hydroxyl groups is 1. The maximum atomic E-state index is 11.0. The molecule has 5 heteroatoms. The molecule has 1 fully saturated rings. The molecule has 104 valence electrons. The Kier molecular flexibility index (Phi) is 4.27. The second-order valence-electron chi connectivity index (χ2n) is 4.88. The number of likely N-dealkylation sites (tertiary alicyclic amines) is 1. The molecular weight excluding hydrogens is 246 g/mol. The number of piperidine rings is 1. The zero-order chi connectivity index (χ0) is 13.8. The number of carbonyl (C=O) groups is 1. The first-order valence-electron chi connectivity index (χ1n) is 6.42. The van der Waals surface area contributed by atoms with E-state index >= 15 is 0 Å². The van der Waals surface area contributed by atoms with Gasteiger partial charge in [-0.3, -0.25) is 9.69 Å². The number of para-hydroxylation sites is 1. The Labute approximate surface area is 112 Å². The van der Waals surface area contributed by atoms with Gasteiger partial charge in [-0.25, -0.2) is 0 Å². The number of methoxy groups -OCH3 is 1. The van der Waals surface area contributed by atoms with Crippen molar-refractivity contribution in [1.82, 2.24) is 4.90 Å². The van der Waals surface area contributed by atoms with Crippen LogP contribution in [0.4, 0.5) is 0 Å². The molecule has 0 aliphatic carbocycles. The van der Waals surface area contributed by atoms with E-state index in [2.05, 4.69) is 4.90 Å². The highest BCUT2D eigenvalue weighted by Gasteiger charge is 2.25. The van der Waals surface area contributed by atoms with Gasteiger partial charge in [0.05, 0.1) is 13.0 Å². The van der Waals surface area contributed by atoms with Gasteiger partial charge in [0.15, 0.2) is 11.5 Å². The lowest BCUT2D eigenvalue weighted by Gasteiger charge is -2.30. The molecule has 2 N–H and O–H groups in total. The van der Waals surface area contributed by atoms with Crippen LogP contribution in [0.25, 0.3) is 0 Å². The number of aliphatic carboxylic acids is 1. The molecule has 1 atom stereocenters. The normalized spacial score (nSPS) is 20.2. The van der Waals surface area contributed by atoms with Crippen molar-refractivity contribution < 1.29 is 19.7 Å². The van der Waals surface area contributed by atoms with E-state index in [0.29, 0.717) is 18.8 Å². The summed E-state index contributed by atoms with van der Waals surface area (Å²) in [5.41, 5.74) is 0.769. The number of carboxylic acids is 1. The lowest BCUT2D eigenvalue weighted by atomic mass is 9.98. The SMILES string of the molecule is COc1cccc(CN2CCCC(C(=O)O)C2)c1O. The number of carboxylic acid groups (broad SMARTS) is 1. The first kappa shape index (κ1) is 13.7. The van der Waals surface area contributed by atoms with Crippen LogP contribution < -0.4 is 4.74 Å². The number of hydrogen-bond acceptors (Lipinski definition) is 4. The predicted molar refractivity (Wildman–Crippen MR) is 70.3 cm³/mol. The number of hydrogen-bond donors (Lipinski definition) is 2. The van der Waals surface area contributed by atoms with E-state index in [4.69, 9.17) is 9.84 Å². The van der Waals surface area contributed by atoms with E-state index in [1.807, 2.05) is 12.1 Å². The molecule has 1 unspecified atom stereocenters. The van der Waals surface area contributed by atoms with E-state index in [1.165, 1.54) is 7.11 Å². The molecule has 0 bridgehead atoms. The van der Waals surface area contributed by atoms with Crippen molar-refractivity contribution in [2.24, 2.45) is 5.92 Å². The number of phenolic OH excluding ortho intramolecular Hbond substituents is 1. The molecule has 2 rings (SSSR count). The highest BCUT2D eigenvalue weighted by molar-refractivity contribution is 5.70. The first-order chi connectivity index (χ1) is 9.11. The maximum Gasteiger partial charge on any atom is 0.307 e. The van der Waals surface area contributed by atoms with Gasteiger partial charge >= 0.3 is 5.97 Å². The van der Waals surface area contributed by atoms with Crippen molar-refractivity contribution in [2.45, 2.75) is 19.4 Å². The van der Waals surface area contributed by atoms with Crippen molar-refractivity contribution in [1.29, 1.82) is 0 Å². The quantitative estimate of drug-likeness (QED) is 0.867. The Morgan fingerprint density at radius 1 is 1.53 bits per heavy atom. The summed E-state index contributed by atoms with van der Waals surface area (Å²) >= 11 is 0. The van der Waals surface area contributed by atoms with Crippen molar-refractivity contribution in [3.63, 3.8) is 0 Å². The Morgan fingerprint density at radius 3 is 3.00 bits per heavy atom. The van der Waals surface area contributed by atoms with Gasteiger partial charge in [-0.1, -0.05) is 12.1 Å². The molecule has 0 radical (unpaired) electrons. The third-order valence-electron chi connectivity index (χ3n) is 3.55. The fraction of sp³-hybridized carbons (Fsp3) is 0.500. The molecule has 5 nitrogen and oxygen atoms in total. The average molecular weight is 265 g/mol. The molecular formula is C14H19NO4. The van der Waals surface area contributed by atoms with E-state index in [-0.39, 0.29) is 11.7 Å². The predicted octanol–water partition coefficient (Wildman–Crippen LogP) is 1.70. The van der Waals surface area contributed by atoms with Gasteiger partial charge in [0, 0.05) is 18.7 Å². The standard InChI is InChI=1S/C14H19NO4/c1-19-12-6-2-4-10(13(12)16)8-15-7-3-5-11(9-15)14(17)18/h2,4,6,11,16H,3,5,7-9H2,1H3,(H,17,18). The summed E-state index contributed by atoms with van der Waals surface area (Å²) in [5, 5.41) is 19.1. The van der Waals surface area contributed by atoms with Crippen LogP contribution in [0.5, 0.6) is 11.5 Å². The smallest absolute Gasteiger partial charge is 0.307 e. The zero-order valence-corrected chi connectivity index (χ0v) is 11.0. The fourth-order valence-corrected chi connectivity index (χ4v) is 2.50. The molecule has 1 aromatic carbocycles. The summed E-state index contributed by atoms with van der Waals surface area (Å²) in [7, 11) is 1.51. The summed E-state index contributed by atoms with van der Waals surface area (Å²) in [6.07, 6.45) is 1.61. The molecule has 1 aliphatic heterocycles. The minimum absolute atomic E-state index is 0.141. The van der Waals surface area contributed by atoms with Crippen LogP contribution in [-0.4, -0.2) is 41.3 Å². The Bertz CT molecular complexity index is 461. The first-order valence-corrected chi connectivity index (χ1v) is 6.42. The van der Waals surface area contributed by atoms with Crippen LogP contribution in [0.15, 0.2) is 18.2 Å². The number of benzene rings is 1. The van der Waals surface area contributed by atoms with E-state index < -0.39 is 5.97 Å². The van der Waals surface area contributed by atoms with Gasteiger partial charge in [-0.15, -0.1) is 0 Å².